The number of carbonyl (C=O) groups excluding carboxylic acids is 1. The molecule has 1 fully saturated rings. The zero-order chi connectivity index (χ0) is 19.8. The molecule has 158 valence electrons. The summed E-state index contributed by atoms with van der Waals surface area (Å²) >= 11 is 6.45. The van der Waals surface area contributed by atoms with Crippen molar-refractivity contribution < 1.29 is 13.9 Å². The van der Waals surface area contributed by atoms with E-state index in [1.54, 1.807) is 0 Å². The van der Waals surface area contributed by atoms with Crippen molar-refractivity contribution in [1.29, 1.82) is 0 Å². The third-order valence-electron chi connectivity index (χ3n) is 5.02. The average molecular weight is 441 g/mol. The van der Waals surface area contributed by atoms with E-state index < -0.39 is 0 Å². The van der Waals surface area contributed by atoms with Gasteiger partial charge in [-0.25, -0.2) is 4.39 Å². The van der Waals surface area contributed by atoms with Gasteiger partial charge in [-0.15, -0.1) is 12.4 Å². The zero-order valence-corrected chi connectivity index (χ0v) is 17.9. The zero-order valence-electron chi connectivity index (χ0n) is 16.3. The molecule has 2 aromatic carbocycles. The topological polar surface area (TPSA) is 41.6 Å². The number of benzene rings is 2. The Morgan fingerprint density at radius 1 is 1.07 bits per heavy atom. The van der Waals surface area contributed by atoms with Crippen LogP contribution in [0.3, 0.4) is 0 Å². The minimum Gasteiger partial charge on any atom is -0.484 e. The van der Waals surface area contributed by atoms with E-state index in [4.69, 9.17) is 16.3 Å². The summed E-state index contributed by atoms with van der Waals surface area (Å²) < 4.78 is 18.4. The first kappa shape index (κ1) is 23.5. The Morgan fingerprint density at radius 2 is 1.72 bits per heavy atom. The van der Waals surface area contributed by atoms with Crippen LogP contribution in [0.2, 0.25) is 5.02 Å². The molecule has 1 heterocycles. The normalized spacial score (nSPS) is 15.7. The molecule has 0 aliphatic carbocycles. The number of amides is 1. The number of hydrogen-bond donors (Lipinski definition) is 1. The van der Waals surface area contributed by atoms with Crippen LogP contribution >= 0.6 is 24.0 Å². The second-order valence-electron chi connectivity index (χ2n) is 7.03. The van der Waals surface area contributed by atoms with Crippen LogP contribution in [0.1, 0.15) is 37.3 Å². The fourth-order valence-corrected chi connectivity index (χ4v) is 3.79. The van der Waals surface area contributed by atoms with E-state index in [1.165, 1.54) is 37.1 Å². The quantitative estimate of drug-likeness (QED) is 0.657. The van der Waals surface area contributed by atoms with Gasteiger partial charge in [-0.05, 0) is 61.8 Å². The molecule has 29 heavy (non-hydrogen) atoms. The highest BCUT2D eigenvalue weighted by molar-refractivity contribution is 6.31. The Bertz CT molecular complexity index is 766. The van der Waals surface area contributed by atoms with Crippen LogP contribution in [-0.4, -0.2) is 37.0 Å². The van der Waals surface area contributed by atoms with Crippen molar-refractivity contribution in [2.75, 3.05) is 26.2 Å². The highest BCUT2D eigenvalue weighted by Crippen LogP contribution is 2.29. The molecule has 0 bridgehead atoms. The second-order valence-corrected chi connectivity index (χ2v) is 7.44. The van der Waals surface area contributed by atoms with E-state index in [0.29, 0.717) is 17.3 Å². The van der Waals surface area contributed by atoms with Crippen molar-refractivity contribution in [3.63, 3.8) is 0 Å². The van der Waals surface area contributed by atoms with Crippen molar-refractivity contribution in [2.24, 2.45) is 0 Å². The molecular formula is C22H27Cl2FN2O2. The van der Waals surface area contributed by atoms with E-state index >= 15 is 0 Å². The first-order valence-electron chi connectivity index (χ1n) is 9.77. The van der Waals surface area contributed by atoms with Crippen LogP contribution in [0.4, 0.5) is 4.39 Å². The molecule has 7 heteroatoms. The molecule has 1 aliphatic rings. The van der Waals surface area contributed by atoms with Gasteiger partial charge >= 0.3 is 0 Å². The molecule has 3 rings (SSSR count). The van der Waals surface area contributed by atoms with E-state index in [0.717, 1.165) is 31.5 Å². The average Bonchev–Trinajstić information content (AvgIpc) is 2.98. The minimum absolute atomic E-state index is 0. The van der Waals surface area contributed by atoms with E-state index in [-0.39, 0.29) is 36.8 Å². The molecule has 0 saturated carbocycles. The first-order chi connectivity index (χ1) is 13.6. The Labute approximate surface area is 182 Å². The molecule has 0 spiro atoms. The Morgan fingerprint density at radius 3 is 2.38 bits per heavy atom. The Kier molecular flexibility index (Phi) is 9.71. The largest absolute Gasteiger partial charge is 0.484 e. The van der Waals surface area contributed by atoms with Crippen LogP contribution in [0.25, 0.3) is 0 Å². The van der Waals surface area contributed by atoms with Crippen LogP contribution in [0.5, 0.6) is 5.75 Å². The number of hydrogen-bond acceptors (Lipinski definition) is 3. The highest BCUT2D eigenvalue weighted by Gasteiger charge is 2.24. The maximum Gasteiger partial charge on any atom is 0.258 e. The summed E-state index contributed by atoms with van der Waals surface area (Å²) in [5, 5.41) is 3.69. The number of nitrogens with zero attached hydrogens (tertiary/aromatic N) is 1. The van der Waals surface area contributed by atoms with Gasteiger partial charge in [-0.2, -0.15) is 0 Å². The Balaban J connectivity index is 0.00000300. The van der Waals surface area contributed by atoms with Crippen molar-refractivity contribution in [1.82, 2.24) is 10.2 Å². The molecule has 1 atom stereocenters. The number of halogens is 3. The fraction of sp³-hybridized carbons (Fsp3) is 0.409. The molecule has 1 unspecified atom stereocenters. The fourth-order valence-electron chi connectivity index (χ4n) is 3.53. The lowest BCUT2D eigenvalue weighted by Crippen LogP contribution is -2.40. The molecule has 0 radical (unpaired) electrons. The van der Waals surface area contributed by atoms with Crippen molar-refractivity contribution >= 4 is 29.9 Å². The standard InChI is InChI=1S/C22H26ClFN2O2.ClH/c23-20-8-4-3-7-19(20)21(26-13-5-1-2-6-14-26)15-25-22(27)16-28-18-11-9-17(24)10-12-18;/h3-4,7-12,21H,1-2,5-6,13-16H2,(H,25,27);1H. The van der Waals surface area contributed by atoms with Gasteiger partial charge in [0.05, 0.1) is 6.04 Å². The van der Waals surface area contributed by atoms with Gasteiger partial charge in [-0.1, -0.05) is 42.6 Å². The third kappa shape index (κ3) is 7.18. The van der Waals surface area contributed by atoms with Crippen molar-refractivity contribution in [2.45, 2.75) is 31.7 Å². The molecule has 0 aromatic heterocycles. The lowest BCUT2D eigenvalue weighted by atomic mass is 10.0. The molecule has 1 aliphatic heterocycles. The van der Waals surface area contributed by atoms with Gasteiger partial charge in [0.1, 0.15) is 11.6 Å². The highest BCUT2D eigenvalue weighted by atomic mass is 35.5. The number of likely N-dealkylation sites (tertiary alicyclic amines) is 1. The molecule has 1 saturated heterocycles. The monoisotopic (exact) mass is 440 g/mol. The number of nitrogens with one attached hydrogen (secondary N) is 1. The van der Waals surface area contributed by atoms with Gasteiger partial charge in [0, 0.05) is 11.6 Å². The van der Waals surface area contributed by atoms with Crippen molar-refractivity contribution in [3.05, 3.63) is 64.9 Å². The van der Waals surface area contributed by atoms with E-state index in [9.17, 15) is 9.18 Å². The van der Waals surface area contributed by atoms with Crippen molar-refractivity contribution in [3.8, 4) is 5.75 Å². The third-order valence-corrected chi connectivity index (χ3v) is 5.37. The lowest BCUT2D eigenvalue weighted by Gasteiger charge is -2.31. The molecular weight excluding hydrogens is 414 g/mol. The van der Waals surface area contributed by atoms with E-state index in [2.05, 4.69) is 10.2 Å². The number of rotatable bonds is 7. The summed E-state index contributed by atoms with van der Waals surface area (Å²) in [5.74, 6) is -0.0836. The first-order valence-corrected chi connectivity index (χ1v) is 10.1. The molecule has 2 aromatic rings. The van der Waals surface area contributed by atoms with Gasteiger partial charge in [0.25, 0.3) is 5.91 Å². The molecule has 1 N–H and O–H groups in total. The summed E-state index contributed by atoms with van der Waals surface area (Å²) in [6.45, 7) is 2.35. The maximum atomic E-state index is 12.9. The van der Waals surface area contributed by atoms with Crippen LogP contribution in [0, 0.1) is 5.82 Å². The SMILES string of the molecule is Cl.O=C(COc1ccc(F)cc1)NCC(c1ccccc1Cl)N1CCCCCC1. The van der Waals surface area contributed by atoms with Gasteiger partial charge < -0.3 is 10.1 Å². The molecule has 4 nitrogen and oxygen atoms in total. The summed E-state index contributed by atoms with van der Waals surface area (Å²) in [4.78, 5) is 14.7. The molecule has 1 amide bonds. The summed E-state index contributed by atoms with van der Waals surface area (Å²) in [6.07, 6.45) is 4.79. The lowest BCUT2D eigenvalue weighted by molar-refractivity contribution is -0.123. The van der Waals surface area contributed by atoms with Gasteiger partial charge in [0.15, 0.2) is 6.61 Å². The van der Waals surface area contributed by atoms with Crippen LogP contribution < -0.4 is 10.1 Å². The summed E-state index contributed by atoms with van der Waals surface area (Å²) in [5.41, 5.74) is 1.03. The number of carbonyl (C=O) groups is 1. The van der Waals surface area contributed by atoms with Gasteiger partial charge in [-0.3, -0.25) is 9.69 Å². The predicted molar refractivity (Wildman–Crippen MR) is 116 cm³/mol. The maximum absolute atomic E-state index is 12.9. The van der Waals surface area contributed by atoms with Crippen LogP contribution in [-0.2, 0) is 4.79 Å². The summed E-state index contributed by atoms with van der Waals surface area (Å²) in [7, 11) is 0. The van der Waals surface area contributed by atoms with E-state index in [1.807, 2.05) is 24.3 Å². The minimum atomic E-state index is -0.336. The predicted octanol–water partition coefficient (Wildman–Crippen LogP) is 5.01. The smallest absolute Gasteiger partial charge is 0.258 e. The number of ether oxygens (including phenoxy) is 1. The Hall–Kier alpha value is -1.82. The summed E-state index contributed by atoms with van der Waals surface area (Å²) in [6, 6.07) is 13.5. The van der Waals surface area contributed by atoms with Gasteiger partial charge in [0.2, 0.25) is 0 Å². The van der Waals surface area contributed by atoms with Crippen LogP contribution in [0.15, 0.2) is 48.5 Å². The second kappa shape index (κ2) is 12.0.